The highest BCUT2D eigenvalue weighted by atomic mass is 19.1. The number of nitrogens with zero attached hydrogens (tertiary/aromatic N) is 1. The summed E-state index contributed by atoms with van der Waals surface area (Å²) in [6.07, 6.45) is 0.465. The van der Waals surface area contributed by atoms with E-state index in [1.54, 1.807) is 17.0 Å². The van der Waals surface area contributed by atoms with E-state index in [2.05, 4.69) is 0 Å². The molecule has 21 heavy (non-hydrogen) atoms. The van der Waals surface area contributed by atoms with Gasteiger partial charge in [-0.1, -0.05) is 12.1 Å². The highest BCUT2D eigenvalue weighted by molar-refractivity contribution is 6.04. The number of carbonyl (C=O) groups excluding carboxylic acids is 1. The molecule has 1 aliphatic carbocycles. The summed E-state index contributed by atoms with van der Waals surface area (Å²) < 4.78 is 18.6. The van der Waals surface area contributed by atoms with Crippen LogP contribution >= 0.6 is 0 Å². The van der Waals surface area contributed by atoms with Crippen molar-refractivity contribution >= 4 is 11.9 Å². The molecule has 1 aromatic rings. The number of amides is 1. The number of carboxylic acids is 1. The van der Waals surface area contributed by atoms with Crippen LogP contribution in [0.25, 0.3) is 0 Å². The summed E-state index contributed by atoms with van der Waals surface area (Å²) in [5, 5.41) is 9.20. The van der Waals surface area contributed by atoms with E-state index < -0.39 is 11.4 Å². The predicted octanol–water partition coefficient (Wildman–Crippen LogP) is 1.59. The fourth-order valence-corrected chi connectivity index (χ4v) is 2.66. The molecular formula is C15H16FNO4. The zero-order valence-electron chi connectivity index (χ0n) is 11.4. The molecule has 0 aromatic heterocycles. The van der Waals surface area contributed by atoms with Gasteiger partial charge >= 0.3 is 5.97 Å². The number of carbonyl (C=O) groups is 2. The third kappa shape index (κ3) is 2.51. The van der Waals surface area contributed by atoms with E-state index in [4.69, 9.17) is 4.74 Å². The average molecular weight is 293 g/mol. The van der Waals surface area contributed by atoms with Gasteiger partial charge in [-0.05, 0) is 30.5 Å². The Morgan fingerprint density at radius 3 is 2.52 bits per heavy atom. The Morgan fingerprint density at radius 2 is 1.95 bits per heavy atom. The number of halogens is 1. The van der Waals surface area contributed by atoms with Crippen molar-refractivity contribution in [2.24, 2.45) is 5.41 Å². The van der Waals surface area contributed by atoms with Crippen LogP contribution in [0, 0.1) is 11.2 Å². The summed E-state index contributed by atoms with van der Waals surface area (Å²) in [6, 6.07) is 5.94. The van der Waals surface area contributed by atoms with Gasteiger partial charge in [0, 0.05) is 6.54 Å². The molecule has 2 fully saturated rings. The molecule has 1 atom stereocenters. The van der Waals surface area contributed by atoms with Crippen LogP contribution in [0.2, 0.25) is 0 Å². The Balaban J connectivity index is 1.73. The normalized spacial score (nSPS) is 23.7. The maximum atomic E-state index is 12.9. The minimum absolute atomic E-state index is 0.305. The summed E-state index contributed by atoms with van der Waals surface area (Å²) >= 11 is 0. The van der Waals surface area contributed by atoms with Crippen LogP contribution < -0.4 is 0 Å². The molecule has 0 bridgehead atoms. The van der Waals surface area contributed by atoms with Crippen LogP contribution in [0.4, 0.5) is 4.39 Å². The summed E-state index contributed by atoms with van der Waals surface area (Å²) in [5.41, 5.74) is -0.431. The molecule has 112 valence electrons. The Hall–Kier alpha value is -1.95. The quantitative estimate of drug-likeness (QED) is 0.859. The Kier molecular flexibility index (Phi) is 3.41. The highest BCUT2D eigenvalue weighted by Crippen LogP contribution is 2.48. The lowest BCUT2D eigenvalue weighted by atomic mass is 10.0. The standard InChI is InChI=1S/C15H16FNO4/c16-11-3-1-10(2-4-11)12-9-17(7-8-21-12)13(18)15(5-6-15)14(19)20/h1-4,12H,5-9H2,(H,19,20). The molecule has 0 spiro atoms. The van der Waals surface area contributed by atoms with Crippen LogP contribution in [0.3, 0.4) is 0 Å². The topological polar surface area (TPSA) is 66.8 Å². The average Bonchev–Trinajstić information content (AvgIpc) is 3.29. The third-order valence-electron chi connectivity index (χ3n) is 4.16. The van der Waals surface area contributed by atoms with Crippen LogP contribution in [0.1, 0.15) is 24.5 Å². The molecule has 2 aliphatic rings. The third-order valence-corrected chi connectivity index (χ3v) is 4.16. The van der Waals surface area contributed by atoms with Crippen molar-refractivity contribution in [3.8, 4) is 0 Å². The molecule has 1 heterocycles. The van der Waals surface area contributed by atoms with E-state index in [1.807, 2.05) is 0 Å². The monoisotopic (exact) mass is 293 g/mol. The smallest absolute Gasteiger partial charge is 0.319 e. The zero-order chi connectivity index (χ0) is 15.0. The number of carboxylic acid groups (broad SMARTS) is 1. The first kappa shape index (κ1) is 14.0. The van der Waals surface area contributed by atoms with Gasteiger partial charge < -0.3 is 14.7 Å². The van der Waals surface area contributed by atoms with E-state index in [-0.39, 0.29) is 17.8 Å². The van der Waals surface area contributed by atoms with Gasteiger partial charge in [0.15, 0.2) is 0 Å². The van der Waals surface area contributed by atoms with E-state index >= 15 is 0 Å². The maximum Gasteiger partial charge on any atom is 0.319 e. The van der Waals surface area contributed by atoms with Gasteiger partial charge in [-0.15, -0.1) is 0 Å². The van der Waals surface area contributed by atoms with Crippen molar-refractivity contribution in [2.75, 3.05) is 19.7 Å². The minimum Gasteiger partial charge on any atom is -0.480 e. The molecule has 1 N–H and O–H groups in total. The van der Waals surface area contributed by atoms with E-state index in [9.17, 15) is 19.1 Å². The second-order valence-electron chi connectivity index (χ2n) is 5.55. The van der Waals surface area contributed by atoms with Gasteiger partial charge in [0.25, 0.3) is 0 Å². The first-order valence-electron chi connectivity index (χ1n) is 6.93. The van der Waals surface area contributed by atoms with Crippen molar-refractivity contribution < 1.29 is 23.8 Å². The summed E-state index contributed by atoms with van der Waals surface area (Å²) in [6.45, 7) is 1.05. The zero-order valence-corrected chi connectivity index (χ0v) is 11.4. The van der Waals surface area contributed by atoms with Crippen LogP contribution in [0.5, 0.6) is 0 Å². The van der Waals surface area contributed by atoms with Crippen molar-refractivity contribution in [1.29, 1.82) is 0 Å². The van der Waals surface area contributed by atoms with Gasteiger partial charge in [0.2, 0.25) is 5.91 Å². The van der Waals surface area contributed by atoms with Crippen molar-refractivity contribution in [2.45, 2.75) is 18.9 Å². The number of ether oxygens (including phenoxy) is 1. The molecule has 1 unspecified atom stereocenters. The van der Waals surface area contributed by atoms with Crippen molar-refractivity contribution in [3.05, 3.63) is 35.6 Å². The van der Waals surface area contributed by atoms with Crippen molar-refractivity contribution in [1.82, 2.24) is 4.90 Å². The second kappa shape index (κ2) is 5.11. The Morgan fingerprint density at radius 1 is 1.29 bits per heavy atom. The largest absolute Gasteiger partial charge is 0.480 e. The molecule has 3 rings (SSSR count). The SMILES string of the molecule is O=C(O)C1(C(=O)N2CCOC(c3ccc(F)cc3)C2)CC1. The number of hydrogen-bond acceptors (Lipinski definition) is 3. The molecule has 6 heteroatoms. The maximum absolute atomic E-state index is 12.9. The van der Waals surface area contributed by atoms with Crippen molar-refractivity contribution in [3.63, 3.8) is 0 Å². The number of benzene rings is 1. The van der Waals surface area contributed by atoms with Crippen LogP contribution in [-0.2, 0) is 14.3 Å². The number of morpholine rings is 1. The summed E-state index contributed by atoms with van der Waals surface area (Å²) in [7, 11) is 0. The fourth-order valence-electron chi connectivity index (χ4n) is 2.66. The molecule has 0 radical (unpaired) electrons. The van der Waals surface area contributed by atoms with Crippen LogP contribution in [0.15, 0.2) is 24.3 Å². The second-order valence-corrected chi connectivity index (χ2v) is 5.55. The molecule has 1 amide bonds. The van der Waals surface area contributed by atoms with Gasteiger partial charge in [-0.3, -0.25) is 9.59 Å². The molecular weight excluding hydrogens is 277 g/mol. The fraction of sp³-hybridized carbons (Fsp3) is 0.467. The lowest BCUT2D eigenvalue weighted by Crippen LogP contribution is -2.47. The van der Waals surface area contributed by atoms with E-state index in [0.717, 1.165) is 5.56 Å². The highest BCUT2D eigenvalue weighted by Gasteiger charge is 2.58. The molecule has 1 aromatic carbocycles. The van der Waals surface area contributed by atoms with Gasteiger partial charge in [-0.25, -0.2) is 4.39 Å². The van der Waals surface area contributed by atoms with Crippen LogP contribution in [-0.4, -0.2) is 41.6 Å². The van der Waals surface area contributed by atoms with E-state index in [1.165, 1.54) is 12.1 Å². The number of hydrogen-bond donors (Lipinski definition) is 1. The van der Waals surface area contributed by atoms with E-state index in [0.29, 0.717) is 32.5 Å². The summed E-state index contributed by atoms with van der Waals surface area (Å²) in [4.78, 5) is 25.2. The molecule has 1 saturated heterocycles. The first-order valence-corrected chi connectivity index (χ1v) is 6.93. The molecule has 5 nitrogen and oxygen atoms in total. The van der Waals surface area contributed by atoms with Gasteiger partial charge in [0.05, 0.1) is 13.2 Å². The van der Waals surface area contributed by atoms with Gasteiger partial charge in [-0.2, -0.15) is 0 Å². The Bertz CT molecular complexity index is 568. The predicted molar refractivity (Wildman–Crippen MR) is 71.0 cm³/mol. The lowest BCUT2D eigenvalue weighted by molar-refractivity contribution is -0.157. The molecule has 1 aliphatic heterocycles. The Labute approximate surface area is 121 Å². The summed E-state index contributed by atoms with van der Waals surface area (Å²) in [5.74, 6) is -1.70. The first-order chi connectivity index (χ1) is 10.0. The molecule has 1 saturated carbocycles. The van der Waals surface area contributed by atoms with Gasteiger partial charge in [0.1, 0.15) is 17.3 Å². The number of aliphatic carboxylic acids is 1. The number of rotatable bonds is 3. The lowest BCUT2D eigenvalue weighted by Gasteiger charge is -2.34. The minimum atomic E-state index is -1.22.